The van der Waals surface area contributed by atoms with Crippen LogP contribution in [0.3, 0.4) is 0 Å². The normalized spacial score (nSPS) is 10.6. The number of para-hydroxylation sites is 1. The molecule has 5 heteroatoms. The fourth-order valence-electron chi connectivity index (χ4n) is 3.02. The summed E-state index contributed by atoms with van der Waals surface area (Å²) in [6.45, 7) is 4.34. The van der Waals surface area contributed by atoms with Crippen LogP contribution in [-0.4, -0.2) is 21.5 Å². The van der Waals surface area contributed by atoms with Crippen molar-refractivity contribution >= 4 is 11.7 Å². The van der Waals surface area contributed by atoms with Crippen molar-refractivity contribution in [3.63, 3.8) is 0 Å². The summed E-state index contributed by atoms with van der Waals surface area (Å²) in [5, 5.41) is 7.49. The molecule has 0 saturated carbocycles. The van der Waals surface area contributed by atoms with Gasteiger partial charge in [-0.25, -0.2) is 4.68 Å². The number of hydrogen-bond donors (Lipinski definition) is 1. The second-order valence-corrected chi connectivity index (χ2v) is 6.46. The molecule has 0 aliphatic heterocycles. The van der Waals surface area contributed by atoms with Crippen molar-refractivity contribution in [3.05, 3.63) is 83.2 Å². The fourth-order valence-corrected chi connectivity index (χ4v) is 3.02. The van der Waals surface area contributed by atoms with Crippen LogP contribution in [0, 0.1) is 13.8 Å². The van der Waals surface area contributed by atoms with Crippen molar-refractivity contribution in [2.45, 2.75) is 33.2 Å². The molecule has 3 aromatic rings. The van der Waals surface area contributed by atoms with Gasteiger partial charge in [0.25, 0.3) is 0 Å². The number of nitrogens with one attached hydrogen (secondary N) is 1. The van der Waals surface area contributed by atoms with Gasteiger partial charge in [-0.1, -0.05) is 48.5 Å². The Hall–Kier alpha value is -3.21. The summed E-state index contributed by atoms with van der Waals surface area (Å²) in [4.78, 5) is 24.3. The minimum Gasteiger partial charge on any atom is -0.352 e. The number of benzene rings is 2. The number of aromatic nitrogens is 2. The van der Waals surface area contributed by atoms with E-state index in [1.165, 1.54) is 0 Å². The Bertz CT molecular complexity index is 931. The van der Waals surface area contributed by atoms with E-state index in [0.29, 0.717) is 12.1 Å². The topological polar surface area (TPSA) is 64.0 Å². The summed E-state index contributed by atoms with van der Waals surface area (Å²) in [7, 11) is 0. The first-order valence-corrected chi connectivity index (χ1v) is 9.01. The Morgan fingerprint density at radius 3 is 2.22 bits per heavy atom. The standard InChI is InChI=1S/C22H23N3O2/c1-16-20(17(2)25(24-16)19-11-7-4-8-12-19)15-23-22(27)14-13-21(26)18-9-5-3-6-10-18/h3-12H,13-15H2,1-2H3,(H,23,27). The lowest BCUT2D eigenvalue weighted by atomic mass is 10.1. The van der Waals surface area contributed by atoms with Crippen LogP contribution in [0.1, 0.15) is 40.2 Å². The van der Waals surface area contributed by atoms with E-state index in [1.54, 1.807) is 12.1 Å². The molecule has 2 aromatic carbocycles. The van der Waals surface area contributed by atoms with Crippen molar-refractivity contribution < 1.29 is 9.59 Å². The van der Waals surface area contributed by atoms with E-state index in [0.717, 1.165) is 22.6 Å². The van der Waals surface area contributed by atoms with Crippen molar-refractivity contribution in [3.8, 4) is 5.69 Å². The van der Waals surface area contributed by atoms with Gasteiger partial charge in [-0.05, 0) is 26.0 Å². The van der Waals surface area contributed by atoms with Gasteiger partial charge in [0, 0.05) is 36.2 Å². The molecule has 0 radical (unpaired) electrons. The molecule has 1 heterocycles. The SMILES string of the molecule is Cc1nn(-c2ccccc2)c(C)c1CNC(=O)CCC(=O)c1ccccc1. The molecule has 27 heavy (non-hydrogen) atoms. The number of Topliss-reactive ketones (excluding diaryl/α,β-unsaturated/α-hetero) is 1. The molecule has 1 N–H and O–H groups in total. The lowest BCUT2D eigenvalue weighted by Crippen LogP contribution is -2.23. The van der Waals surface area contributed by atoms with Crippen LogP contribution in [0.5, 0.6) is 0 Å². The third-order valence-electron chi connectivity index (χ3n) is 4.58. The van der Waals surface area contributed by atoms with Crippen molar-refractivity contribution in [1.82, 2.24) is 15.1 Å². The second kappa shape index (κ2) is 8.45. The quantitative estimate of drug-likeness (QED) is 0.652. The van der Waals surface area contributed by atoms with Gasteiger partial charge in [-0.2, -0.15) is 5.10 Å². The number of amides is 1. The largest absolute Gasteiger partial charge is 0.352 e. The number of carbonyl (C=O) groups is 2. The van der Waals surface area contributed by atoms with Gasteiger partial charge in [0.15, 0.2) is 5.78 Å². The van der Waals surface area contributed by atoms with Crippen molar-refractivity contribution in [2.24, 2.45) is 0 Å². The molecule has 0 atom stereocenters. The summed E-state index contributed by atoms with van der Waals surface area (Å²) in [5.74, 6) is -0.152. The van der Waals surface area contributed by atoms with E-state index in [-0.39, 0.29) is 24.5 Å². The highest BCUT2D eigenvalue weighted by Crippen LogP contribution is 2.17. The van der Waals surface area contributed by atoms with Crippen molar-refractivity contribution in [1.29, 1.82) is 0 Å². The number of hydrogen-bond acceptors (Lipinski definition) is 3. The number of rotatable bonds is 7. The molecule has 1 amide bonds. The summed E-state index contributed by atoms with van der Waals surface area (Å²) in [6.07, 6.45) is 0.385. The Morgan fingerprint density at radius 1 is 0.926 bits per heavy atom. The maximum atomic E-state index is 12.2. The zero-order chi connectivity index (χ0) is 19.2. The molecule has 0 fully saturated rings. The maximum Gasteiger partial charge on any atom is 0.220 e. The molecular weight excluding hydrogens is 338 g/mol. The Morgan fingerprint density at radius 2 is 1.56 bits per heavy atom. The molecule has 3 rings (SSSR count). The van der Waals surface area contributed by atoms with Gasteiger partial charge in [-0.3, -0.25) is 9.59 Å². The predicted molar refractivity (Wildman–Crippen MR) is 105 cm³/mol. The summed E-state index contributed by atoms with van der Waals surface area (Å²) in [5.41, 5.74) is 4.52. The summed E-state index contributed by atoms with van der Waals surface area (Å²) >= 11 is 0. The molecule has 1 aromatic heterocycles. The lowest BCUT2D eigenvalue weighted by molar-refractivity contribution is -0.121. The van der Waals surface area contributed by atoms with Gasteiger partial charge in [-0.15, -0.1) is 0 Å². The third-order valence-corrected chi connectivity index (χ3v) is 4.58. The summed E-state index contributed by atoms with van der Waals surface area (Å²) in [6, 6.07) is 18.9. The van der Waals surface area contributed by atoms with Crippen LogP contribution in [0.4, 0.5) is 0 Å². The maximum absolute atomic E-state index is 12.2. The number of carbonyl (C=O) groups excluding carboxylic acids is 2. The van der Waals surface area contributed by atoms with Gasteiger partial charge in [0.05, 0.1) is 11.4 Å². The second-order valence-electron chi connectivity index (χ2n) is 6.46. The van der Waals surface area contributed by atoms with E-state index in [9.17, 15) is 9.59 Å². The molecular formula is C22H23N3O2. The number of nitrogens with zero attached hydrogens (tertiary/aromatic N) is 2. The van der Waals surface area contributed by atoms with Crippen LogP contribution in [0.15, 0.2) is 60.7 Å². The van der Waals surface area contributed by atoms with Gasteiger partial charge in [0.2, 0.25) is 5.91 Å². The highest BCUT2D eigenvalue weighted by Gasteiger charge is 2.14. The molecule has 0 bridgehead atoms. The first-order valence-electron chi connectivity index (χ1n) is 9.01. The predicted octanol–water partition coefficient (Wildman–Crippen LogP) is 3.77. The monoisotopic (exact) mass is 361 g/mol. The Kier molecular flexibility index (Phi) is 5.81. The number of ketones is 1. The fraction of sp³-hybridized carbons (Fsp3) is 0.227. The van der Waals surface area contributed by atoms with E-state index in [1.807, 2.05) is 67.1 Å². The van der Waals surface area contributed by atoms with E-state index < -0.39 is 0 Å². The first-order chi connectivity index (χ1) is 13.1. The van der Waals surface area contributed by atoms with E-state index in [4.69, 9.17) is 0 Å². The number of aryl methyl sites for hydroxylation is 1. The highest BCUT2D eigenvalue weighted by molar-refractivity contribution is 5.97. The van der Waals surface area contributed by atoms with Crippen LogP contribution in [0.25, 0.3) is 5.69 Å². The van der Waals surface area contributed by atoms with Gasteiger partial charge in [0.1, 0.15) is 0 Å². The third kappa shape index (κ3) is 4.50. The van der Waals surface area contributed by atoms with Crippen LogP contribution in [0.2, 0.25) is 0 Å². The van der Waals surface area contributed by atoms with E-state index in [2.05, 4.69) is 10.4 Å². The van der Waals surface area contributed by atoms with Gasteiger partial charge < -0.3 is 5.32 Å². The van der Waals surface area contributed by atoms with Crippen LogP contribution >= 0.6 is 0 Å². The molecule has 0 unspecified atom stereocenters. The minimum atomic E-state index is -0.134. The van der Waals surface area contributed by atoms with Gasteiger partial charge >= 0.3 is 0 Å². The minimum absolute atomic E-state index is 0.0185. The molecule has 0 aliphatic rings. The zero-order valence-corrected chi connectivity index (χ0v) is 15.6. The molecule has 0 spiro atoms. The van der Waals surface area contributed by atoms with Crippen molar-refractivity contribution in [2.75, 3.05) is 0 Å². The Labute approximate surface area is 159 Å². The summed E-state index contributed by atoms with van der Waals surface area (Å²) < 4.78 is 1.88. The Balaban J connectivity index is 1.58. The molecule has 0 aliphatic carbocycles. The average Bonchev–Trinajstić information content (AvgIpc) is 2.99. The lowest BCUT2D eigenvalue weighted by Gasteiger charge is -2.07. The first kappa shape index (κ1) is 18.6. The average molecular weight is 361 g/mol. The molecule has 0 saturated heterocycles. The highest BCUT2D eigenvalue weighted by atomic mass is 16.2. The smallest absolute Gasteiger partial charge is 0.220 e. The molecule has 138 valence electrons. The van der Waals surface area contributed by atoms with Crippen LogP contribution in [-0.2, 0) is 11.3 Å². The van der Waals surface area contributed by atoms with E-state index >= 15 is 0 Å². The molecule has 5 nitrogen and oxygen atoms in total. The van der Waals surface area contributed by atoms with Crippen LogP contribution < -0.4 is 5.32 Å². The zero-order valence-electron chi connectivity index (χ0n) is 15.6.